The van der Waals surface area contributed by atoms with Crippen molar-refractivity contribution in [3.05, 3.63) is 68.0 Å². The number of phenolic OH excluding ortho intramolecular Hbond substituents is 1. The molecule has 3 rings (SSSR count). The maximum Gasteiger partial charge on any atom is 0.232 e. The molecule has 0 unspecified atom stereocenters. The van der Waals surface area contributed by atoms with E-state index in [1.807, 2.05) is 13.0 Å². The van der Waals surface area contributed by atoms with Gasteiger partial charge in [-0.3, -0.25) is 9.59 Å². The van der Waals surface area contributed by atoms with Gasteiger partial charge in [-0.2, -0.15) is 0 Å². The largest absolute Gasteiger partial charge is 0.519 e. The summed E-state index contributed by atoms with van der Waals surface area (Å²) in [6.45, 7) is 9.13. The monoisotopic (exact) mass is 383 g/mol. The number of phenols is 1. The molecule has 0 saturated carbocycles. The molecule has 0 saturated heterocycles. The summed E-state index contributed by atoms with van der Waals surface area (Å²) in [7, 11) is 0. The number of aromatic hydroxyl groups is 1. The van der Waals surface area contributed by atoms with Gasteiger partial charge in [0.05, 0.1) is 6.57 Å². The van der Waals surface area contributed by atoms with Crippen LogP contribution in [0.15, 0.2) is 28.7 Å². The Morgan fingerprint density at radius 2 is 2.12 bits per heavy atom. The molecular weight excluding hydrogens is 370 g/mol. The SMILES string of the molecule is [C-]#[N+]c1c(O)c(CC(=O)c2cccc(Br)c2C)cc2c1CCC2=O. The highest BCUT2D eigenvalue weighted by molar-refractivity contribution is 9.10. The summed E-state index contributed by atoms with van der Waals surface area (Å²) in [4.78, 5) is 28.0. The van der Waals surface area contributed by atoms with Crippen molar-refractivity contribution < 1.29 is 14.7 Å². The maximum absolute atomic E-state index is 12.6. The molecule has 2 aromatic carbocycles. The Bertz CT molecular complexity index is 925. The quantitative estimate of drug-likeness (QED) is 0.623. The van der Waals surface area contributed by atoms with Gasteiger partial charge in [-0.1, -0.05) is 28.1 Å². The second-order valence-electron chi connectivity index (χ2n) is 5.81. The second kappa shape index (κ2) is 6.21. The van der Waals surface area contributed by atoms with Crippen LogP contribution in [0.25, 0.3) is 4.85 Å². The zero-order chi connectivity index (χ0) is 17.4. The van der Waals surface area contributed by atoms with Crippen molar-refractivity contribution in [3.8, 4) is 5.75 Å². The predicted molar refractivity (Wildman–Crippen MR) is 93.9 cm³/mol. The lowest BCUT2D eigenvalue weighted by molar-refractivity contribution is 0.0981. The highest BCUT2D eigenvalue weighted by Gasteiger charge is 2.27. The Morgan fingerprint density at radius 3 is 2.83 bits per heavy atom. The lowest BCUT2D eigenvalue weighted by atomic mass is 9.95. The molecule has 0 bridgehead atoms. The molecule has 0 amide bonds. The number of benzene rings is 2. The molecule has 1 aliphatic carbocycles. The summed E-state index contributed by atoms with van der Waals surface area (Å²) >= 11 is 3.40. The van der Waals surface area contributed by atoms with E-state index in [1.165, 1.54) is 0 Å². The molecule has 24 heavy (non-hydrogen) atoms. The fourth-order valence-corrected chi connectivity index (χ4v) is 3.43. The number of halogens is 1. The maximum atomic E-state index is 12.6. The summed E-state index contributed by atoms with van der Waals surface area (Å²) in [6, 6.07) is 6.93. The summed E-state index contributed by atoms with van der Waals surface area (Å²) in [5.41, 5.74) is 2.88. The van der Waals surface area contributed by atoms with E-state index in [9.17, 15) is 14.7 Å². The first-order valence-corrected chi connectivity index (χ1v) is 8.30. The van der Waals surface area contributed by atoms with Gasteiger partial charge in [-0.05, 0) is 42.2 Å². The number of Topliss-reactive ketones (excluding diaryl/α,β-unsaturated/α-hetero) is 2. The Hall–Kier alpha value is -2.45. The number of carbonyl (C=O) groups is 2. The van der Waals surface area contributed by atoms with Crippen LogP contribution in [0.1, 0.15) is 43.8 Å². The van der Waals surface area contributed by atoms with Gasteiger partial charge in [0.15, 0.2) is 11.6 Å². The van der Waals surface area contributed by atoms with Crippen LogP contribution < -0.4 is 0 Å². The van der Waals surface area contributed by atoms with Gasteiger partial charge in [-0.15, -0.1) is 0 Å². The third-order valence-electron chi connectivity index (χ3n) is 4.39. The van der Waals surface area contributed by atoms with Gasteiger partial charge >= 0.3 is 0 Å². The molecule has 0 atom stereocenters. The van der Waals surface area contributed by atoms with Gasteiger partial charge in [0.25, 0.3) is 0 Å². The minimum atomic E-state index is -0.181. The molecule has 0 fully saturated rings. The van der Waals surface area contributed by atoms with Crippen molar-refractivity contribution >= 4 is 33.2 Å². The molecule has 4 nitrogen and oxygen atoms in total. The zero-order valence-electron chi connectivity index (χ0n) is 13.0. The lowest BCUT2D eigenvalue weighted by Gasteiger charge is -2.11. The molecule has 0 spiro atoms. The van der Waals surface area contributed by atoms with E-state index in [0.29, 0.717) is 35.1 Å². The van der Waals surface area contributed by atoms with Gasteiger partial charge in [-0.25, -0.2) is 4.85 Å². The zero-order valence-corrected chi connectivity index (χ0v) is 14.6. The van der Waals surface area contributed by atoms with E-state index in [0.717, 1.165) is 10.0 Å². The summed E-state index contributed by atoms with van der Waals surface area (Å²) < 4.78 is 0.837. The van der Waals surface area contributed by atoms with Gasteiger partial charge in [0.1, 0.15) is 5.75 Å². The first-order valence-electron chi connectivity index (χ1n) is 7.50. The lowest BCUT2D eigenvalue weighted by Crippen LogP contribution is -2.07. The van der Waals surface area contributed by atoms with Crippen LogP contribution in [0.4, 0.5) is 5.69 Å². The number of nitrogens with zero attached hydrogens (tertiary/aromatic N) is 1. The molecule has 2 aromatic rings. The van der Waals surface area contributed by atoms with Gasteiger partial charge in [0.2, 0.25) is 5.69 Å². The Kier molecular flexibility index (Phi) is 4.25. The molecule has 0 aromatic heterocycles. The topological polar surface area (TPSA) is 58.7 Å². The molecule has 0 radical (unpaired) electrons. The van der Waals surface area contributed by atoms with Crippen molar-refractivity contribution in [3.63, 3.8) is 0 Å². The Morgan fingerprint density at radius 1 is 1.38 bits per heavy atom. The second-order valence-corrected chi connectivity index (χ2v) is 6.66. The minimum absolute atomic E-state index is 0.0396. The molecule has 0 aliphatic heterocycles. The Labute approximate surface area is 148 Å². The van der Waals surface area contributed by atoms with E-state index in [-0.39, 0.29) is 29.4 Å². The highest BCUT2D eigenvalue weighted by atomic mass is 79.9. The van der Waals surface area contributed by atoms with Crippen LogP contribution in [0.2, 0.25) is 0 Å². The third-order valence-corrected chi connectivity index (χ3v) is 5.25. The first-order chi connectivity index (χ1) is 11.4. The van der Waals surface area contributed by atoms with Crippen LogP contribution in [-0.2, 0) is 12.8 Å². The smallest absolute Gasteiger partial charge is 0.232 e. The van der Waals surface area contributed by atoms with Gasteiger partial charge < -0.3 is 5.11 Å². The number of carbonyl (C=O) groups excluding carboxylic acids is 2. The minimum Gasteiger partial charge on any atom is -0.519 e. The normalized spacial score (nSPS) is 12.8. The molecule has 5 heteroatoms. The van der Waals surface area contributed by atoms with E-state index in [4.69, 9.17) is 6.57 Å². The number of hydrogen-bond donors (Lipinski definition) is 1. The van der Waals surface area contributed by atoms with Crippen LogP contribution in [0, 0.1) is 13.5 Å². The average molecular weight is 384 g/mol. The average Bonchev–Trinajstić information content (AvgIpc) is 2.91. The molecule has 0 heterocycles. The van der Waals surface area contributed by atoms with Crippen molar-refractivity contribution in [2.24, 2.45) is 0 Å². The summed E-state index contributed by atoms with van der Waals surface area (Å²) in [6.07, 6.45) is 0.768. The van der Waals surface area contributed by atoms with Crippen LogP contribution in [-0.4, -0.2) is 16.7 Å². The van der Waals surface area contributed by atoms with E-state index < -0.39 is 0 Å². The van der Waals surface area contributed by atoms with E-state index >= 15 is 0 Å². The highest BCUT2D eigenvalue weighted by Crippen LogP contribution is 2.41. The van der Waals surface area contributed by atoms with Crippen LogP contribution >= 0.6 is 15.9 Å². The molecule has 1 N–H and O–H groups in total. The van der Waals surface area contributed by atoms with Crippen molar-refractivity contribution in [1.29, 1.82) is 0 Å². The number of rotatable bonds is 3. The van der Waals surface area contributed by atoms with Gasteiger partial charge in [0, 0.05) is 28.4 Å². The standard InChI is InChI=1S/C19H14BrNO3/c1-10-12(4-3-5-15(10)20)17(23)9-11-8-14-13(6-7-16(14)22)18(21-2)19(11)24/h3-5,8,24H,6-7,9H2,1H3. The van der Waals surface area contributed by atoms with Crippen LogP contribution in [0.5, 0.6) is 5.75 Å². The summed E-state index contributed by atoms with van der Waals surface area (Å²) in [5, 5.41) is 10.4. The summed E-state index contributed by atoms with van der Waals surface area (Å²) in [5.74, 6) is -0.382. The van der Waals surface area contributed by atoms with Crippen molar-refractivity contribution in [1.82, 2.24) is 0 Å². The predicted octanol–water partition coefficient (Wildman–Crippen LogP) is 4.57. The fourth-order valence-electron chi connectivity index (χ4n) is 3.06. The van der Waals surface area contributed by atoms with E-state index in [1.54, 1.807) is 18.2 Å². The number of hydrogen-bond acceptors (Lipinski definition) is 3. The molecular formula is C19H14BrNO3. The molecule has 1 aliphatic rings. The first kappa shape index (κ1) is 16.4. The van der Waals surface area contributed by atoms with Crippen LogP contribution in [0.3, 0.4) is 0 Å². The fraction of sp³-hybridized carbons (Fsp3) is 0.211. The number of fused-ring (bicyclic) bond motifs is 1. The molecule has 120 valence electrons. The third kappa shape index (κ3) is 2.63. The van der Waals surface area contributed by atoms with E-state index in [2.05, 4.69) is 20.8 Å². The van der Waals surface area contributed by atoms with Crippen molar-refractivity contribution in [2.75, 3.05) is 0 Å². The number of ketones is 2. The Balaban J connectivity index is 2.04. The van der Waals surface area contributed by atoms with Crippen molar-refractivity contribution in [2.45, 2.75) is 26.2 Å².